The van der Waals surface area contributed by atoms with Gasteiger partial charge in [-0.25, -0.2) is 0 Å². The lowest BCUT2D eigenvalue weighted by molar-refractivity contribution is 0.171. The zero-order valence-electron chi connectivity index (χ0n) is 10.5. The molecule has 1 aliphatic heterocycles. The fraction of sp³-hybridized carbons (Fsp3) is 0.333. The number of ether oxygens (including phenoxy) is 2. The van der Waals surface area contributed by atoms with Gasteiger partial charge in [0.15, 0.2) is 23.4 Å². The maximum Gasteiger partial charge on any atom is 0.195 e. The Hall–Kier alpha value is -2.44. The summed E-state index contributed by atoms with van der Waals surface area (Å²) in [6, 6.07) is 5.80. The van der Waals surface area contributed by atoms with Crippen LogP contribution in [0.1, 0.15) is 5.56 Å². The molecule has 0 unspecified atom stereocenters. The molecule has 1 aromatic carbocycles. The molecule has 102 valence electrons. The highest BCUT2D eigenvalue weighted by molar-refractivity contribution is 5.94. The van der Waals surface area contributed by atoms with Crippen molar-refractivity contribution in [1.29, 1.82) is 10.8 Å². The Kier molecular flexibility index (Phi) is 4.07. The summed E-state index contributed by atoms with van der Waals surface area (Å²) in [6.07, 6.45) is 0.735. The Morgan fingerprint density at radius 2 is 1.95 bits per heavy atom. The summed E-state index contributed by atoms with van der Waals surface area (Å²) in [5.41, 5.74) is 6.20. The van der Waals surface area contributed by atoms with E-state index < -0.39 is 0 Å². The summed E-state index contributed by atoms with van der Waals surface area (Å²) in [5.74, 6) is 1.30. The van der Waals surface area contributed by atoms with E-state index >= 15 is 0 Å². The van der Waals surface area contributed by atoms with E-state index in [9.17, 15) is 0 Å². The average molecular weight is 263 g/mol. The molecule has 0 aliphatic carbocycles. The number of benzene rings is 1. The van der Waals surface area contributed by atoms with Gasteiger partial charge in [-0.2, -0.15) is 0 Å². The topological polar surface area (TPSA) is 116 Å². The Morgan fingerprint density at radius 1 is 1.21 bits per heavy atom. The number of nitrogens with one attached hydrogen (secondary N) is 4. The molecule has 1 aromatic rings. The maximum absolute atomic E-state index is 7.45. The SMILES string of the molecule is N=C(N)NC(=N)NCCc1ccc2c(c1)OCCO2. The second kappa shape index (κ2) is 5.94. The zero-order valence-corrected chi connectivity index (χ0v) is 10.5. The molecule has 0 amide bonds. The van der Waals surface area contributed by atoms with Gasteiger partial charge < -0.3 is 20.5 Å². The first-order valence-corrected chi connectivity index (χ1v) is 5.97. The number of nitrogens with two attached hydrogens (primary N) is 1. The van der Waals surface area contributed by atoms with Gasteiger partial charge in [-0.1, -0.05) is 6.07 Å². The number of hydrogen-bond acceptors (Lipinski definition) is 4. The molecule has 2 rings (SSSR count). The van der Waals surface area contributed by atoms with Crippen LogP contribution < -0.4 is 25.8 Å². The first-order chi connectivity index (χ1) is 9.15. The summed E-state index contributed by atoms with van der Waals surface area (Å²) < 4.78 is 10.9. The van der Waals surface area contributed by atoms with Gasteiger partial charge in [0, 0.05) is 6.54 Å². The summed E-state index contributed by atoms with van der Waals surface area (Å²) in [5, 5.41) is 19.6. The minimum atomic E-state index is -0.253. The van der Waals surface area contributed by atoms with E-state index in [4.69, 9.17) is 26.0 Å². The second-order valence-electron chi connectivity index (χ2n) is 4.07. The summed E-state index contributed by atoms with van der Waals surface area (Å²) in [7, 11) is 0. The molecular formula is C12H17N5O2. The van der Waals surface area contributed by atoms with Gasteiger partial charge in [0.2, 0.25) is 0 Å². The van der Waals surface area contributed by atoms with Gasteiger partial charge in [-0.15, -0.1) is 0 Å². The molecule has 1 heterocycles. The molecule has 7 heteroatoms. The Bertz CT molecular complexity index is 489. The molecule has 19 heavy (non-hydrogen) atoms. The molecular weight excluding hydrogens is 246 g/mol. The fourth-order valence-corrected chi connectivity index (χ4v) is 1.75. The van der Waals surface area contributed by atoms with Crippen LogP contribution in [0.4, 0.5) is 0 Å². The van der Waals surface area contributed by atoms with Crippen molar-refractivity contribution in [2.45, 2.75) is 6.42 Å². The third-order valence-corrected chi connectivity index (χ3v) is 2.58. The minimum Gasteiger partial charge on any atom is -0.486 e. The molecule has 0 atom stereocenters. The monoisotopic (exact) mass is 263 g/mol. The normalized spacial score (nSPS) is 12.6. The molecule has 7 nitrogen and oxygen atoms in total. The quantitative estimate of drug-likeness (QED) is 0.389. The number of hydrogen-bond donors (Lipinski definition) is 5. The largest absolute Gasteiger partial charge is 0.486 e. The highest BCUT2D eigenvalue weighted by atomic mass is 16.6. The molecule has 0 fully saturated rings. The van der Waals surface area contributed by atoms with Crippen molar-refractivity contribution in [3.8, 4) is 11.5 Å². The van der Waals surface area contributed by atoms with Gasteiger partial charge in [0.05, 0.1) is 0 Å². The van der Waals surface area contributed by atoms with Crippen LogP contribution in [-0.2, 0) is 6.42 Å². The van der Waals surface area contributed by atoms with Crippen molar-refractivity contribution < 1.29 is 9.47 Å². The van der Waals surface area contributed by atoms with Crippen molar-refractivity contribution in [3.63, 3.8) is 0 Å². The summed E-state index contributed by atoms with van der Waals surface area (Å²) in [6.45, 7) is 1.72. The third-order valence-electron chi connectivity index (χ3n) is 2.58. The maximum atomic E-state index is 7.45. The highest BCUT2D eigenvalue weighted by Crippen LogP contribution is 2.30. The smallest absolute Gasteiger partial charge is 0.195 e. The van der Waals surface area contributed by atoms with Gasteiger partial charge in [-0.05, 0) is 24.1 Å². The highest BCUT2D eigenvalue weighted by Gasteiger charge is 2.11. The van der Waals surface area contributed by atoms with Crippen LogP contribution in [0.25, 0.3) is 0 Å². The third kappa shape index (κ3) is 3.77. The van der Waals surface area contributed by atoms with E-state index in [-0.39, 0.29) is 11.9 Å². The average Bonchev–Trinajstić information content (AvgIpc) is 2.37. The van der Waals surface area contributed by atoms with E-state index in [1.165, 1.54) is 0 Å². The zero-order chi connectivity index (χ0) is 13.7. The Morgan fingerprint density at radius 3 is 2.68 bits per heavy atom. The predicted molar refractivity (Wildman–Crippen MR) is 71.9 cm³/mol. The first kappa shape index (κ1) is 13.0. The number of fused-ring (bicyclic) bond motifs is 1. The van der Waals surface area contributed by atoms with Gasteiger partial charge in [0.25, 0.3) is 0 Å². The fourth-order valence-electron chi connectivity index (χ4n) is 1.75. The van der Waals surface area contributed by atoms with E-state index in [1.54, 1.807) is 0 Å². The summed E-state index contributed by atoms with van der Waals surface area (Å²) >= 11 is 0. The standard InChI is InChI=1S/C12H17N5O2/c13-11(14)17-12(15)16-4-3-8-1-2-9-10(7-8)19-6-5-18-9/h1-2,7H,3-6H2,(H6,13,14,15,16,17). The molecule has 1 aliphatic rings. The Labute approximate surface area is 111 Å². The molecule has 0 radical (unpaired) electrons. The van der Waals surface area contributed by atoms with Crippen LogP contribution in [-0.4, -0.2) is 31.7 Å². The van der Waals surface area contributed by atoms with E-state index in [0.29, 0.717) is 19.8 Å². The Balaban J connectivity index is 1.83. The van der Waals surface area contributed by atoms with Gasteiger partial charge in [0.1, 0.15) is 13.2 Å². The van der Waals surface area contributed by atoms with Crippen LogP contribution >= 0.6 is 0 Å². The van der Waals surface area contributed by atoms with Gasteiger partial charge >= 0.3 is 0 Å². The van der Waals surface area contributed by atoms with Gasteiger partial charge in [-0.3, -0.25) is 16.1 Å². The lowest BCUT2D eigenvalue weighted by Crippen LogP contribution is -2.43. The number of rotatable bonds is 3. The predicted octanol–water partition coefficient (Wildman–Crippen LogP) is 0.00774. The van der Waals surface area contributed by atoms with Crippen LogP contribution in [0, 0.1) is 10.8 Å². The van der Waals surface area contributed by atoms with Crippen LogP contribution in [0.15, 0.2) is 18.2 Å². The van der Waals surface area contributed by atoms with Crippen molar-refractivity contribution in [1.82, 2.24) is 10.6 Å². The van der Waals surface area contributed by atoms with Crippen molar-refractivity contribution in [3.05, 3.63) is 23.8 Å². The van der Waals surface area contributed by atoms with Crippen LogP contribution in [0.3, 0.4) is 0 Å². The summed E-state index contributed by atoms with van der Waals surface area (Å²) in [4.78, 5) is 0. The first-order valence-electron chi connectivity index (χ1n) is 5.97. The molecule has 6 N–H and O–H groups in total. The van der Waals surface area contributed by atoms with Crippen LogP contribution in [0.5, 0.6) is 11.5 Å². The molecule has 0 aromatic heterocycles. The van der Waals surface area contributed by atoms with Crippen molar-refractivity contribution in [2.75, 3.05) is 19.8 Å². The lowest BCUT2D eigenvalue weighted by atomic mass is 10.1. The lowest BCUT2D eigenvalue weighted by Gasteiger charge is -2.19. The second-order valence-corrected chi connectivity index (χ2v) is 4.07. The van der Waals surface area contributed by atoms with E-state index in [0.717, 1.165) is 23.5 Å². The minimum absolute atomic E-state index is 0.0186. The van der Waals surface area contributed by atoms with Crippen LogP contribution in [0.2, 0.25) is 0 Å². The van der Waals surface area contributed by atoms with Crippen molar-refractivity contribution >= 4 is 11.9 Å². The molecule has 0 bridgehead atoms. The number of guanidine groups is 2. The molecule has 0 saturated carbocycles. The molecule has 0 spiro atoms. The van der Waals surface area contributed by atoms with E-state index in [2.05, 4.69) is 10.6 Å². The molecule has 0 saturated heterocycles. The van der Waals surface area contributed by atoms with Crippen molar-refractivity contribution in [2.24, 2.45) is 5.73 Å². The van der Waals surface area contributed by atoms with E-state index in [1.807, 2.05) is 18.2 Å².